The van der Waals surface area contributed by atoms with Crippen LogP contribution in [0.1, 0.15) is 12.6 Å². The number of alkyl halides is 3. The molecule has 10 heteroatoms. The minimum atomic E-state index is -4.46. The van der Waals surface area contributed by atoms with Gasteiger partial charge in [-0.1, -0.05) is 0 Å². The summed E-state index contributed by atoms with van der Waals surface area (Å²) < 4.78 is 40.9. The van der Waals surface area contributed by atoms with Crippen molar-refractivity contribution >= 4 is 22.7 Å². The van der Waals surface area contributed by atoms with Crippen molar-refractivity contribution < 1.29 is 13.2 Å². The lowest BCUT2D eigenvalue weighted by Gasteiger charge is -2.26. The van der Waals surface area contributed by atoms with Gasteiger partial charge in [0.1, 0.15) is 11.9 Å². The molecule has 0 radical (unpaired) electrons. The average Bonchev–Trinajstić information content (AvgIpc) is 3.32. The Bertz CT molecular complexity index is 905. The first kappa shape index (κ1) is 16.8. The van der Waals surface area contributed by atoms with Gasteiger partial charge in [0.2, 0.25) is 0 Å². The predicted molar refractivity (Wildman–Crippen MR) is 93.0 cm³/mol. The topological polar surface area (TPSA) is 58.9 Å². The van der Waals surface area contributed by atoms with Crippen LogP contribution in [-0.4, -0.2) is 32.2 Å². The largest absolute Gasteiger partial charge is 0.433 e. The fourth-order valence-corrected chi connectivity index (χ4v) is 3.73. The summed E-state index contributed by atoms with van der Waals surface area (Å²) in [5.74, 6) is 0.739. The highest BCUT2D eigenvalue weighted by Crippen LogP contribution is 2.38. The van der Waals surface area contributed by atoms with Crippen LogP contribution in [0.3, 0.4) is 0 Å². The number of aromatic nitrogens is 4. The number of imidazole rings is 1. The third-order valence-electron chi connectivity index (χ3n) is 4.23. The van der Waals surface area contributed by atoms with E-state index in [0.29, 0.717) is 24.5 Å². The molecular formula is C16H15F3N6S. The van der Waals surface area contributed by atoms with Crippen molar-refractivity contribution in [2.24, 2.45) is 0 Å². The van der Waals surface area contributed by atoms with Crippen LogP contribution in [0, 0.1) is 0 Å². The molecule has 1 atom stereocenters. The van der Waals surface area contributed by atoms with E-state index >= 15 is 0 Å². The first-order valence-corrected chi connectivity index (χ1v) is 8.86. The lowest BCUT2D eigenvalue weighted by atomic mass is 10.2. The van der Waals surface area contributed by atoms with Crippen LogP contribution in [0.25, 0.3) is 10.8 Å². The number of hydrogen-bond acceptors (Lipinski definition) is 6. The minimum absolute atomic E-state index is 0.201. The molecule has 0 aliphatic carbocycles. The van der Waals surface area contributed by atoms with Crippen LogP contribution in [0.5, 0.6) is 0 Å². The number of nitrogens with one attached hydrogen (secondary N) is 1. The summed E-state index contributed by atoms with van der Waals surface area (Å²) in [6, 6.07) is 1.10. The van der Waals surface area contributed by atoms with Crippen molar-refractivity contribution in [3.05, 3.63) is 41.9 Å². The molecule has 0 saturated heterocycles. The number of anilines is 2. The SMILES string of the molecule is CCN1c2cc(C(F)(F)F)ncc2NC1Cn1ccnc1-c1nccs1. The highest BCUT2D eigenvalue weighted by molar-refractivity contribution is 7.13. The minimum Gasteiger partial charge on any atom is -0.361 e. The number of rotatable bonds is 4. The molecule has 3 aromatic heterocycles. The van der Waals surface area contributed by atoms with Crippen molar-refractivity contribution in [1.29, 1.82) is 0 Å². The quantitative estimate of drug-likeness (QED) is 0.748. The molecule has 0 amide bonds. The summed E-state index contributed by atoms with van der Waals surface area (Å²) in [5, 5.41) is 5.93. The third kappa shape index (κ3) is 2.90. The molecular weight excluding hydrogens is 365 g/mol. The van der Waals surface area contributed by atoms with Crippen LogP contribution in [0.15, 0.2) is 36.2 Å². The molecule has 4 heterocycles. The molecule has 6 nitrogen and oxygen atoms in total. The molecule has 136 valence electrons. The highest BCUT2D eigenvalue weighted by Gasteiger charge is 2.36. The fraction of sp³-hybridized carbons (Fsp3) is 0.312. The number of halogens is 3. The summed E-state index contributed by atoms with van der Waals surface area (Å²) in [4.78, 5) is 14.1. The van der Waals surface area contributed by atoms with Crippen molar-refractivity contribution in [3.8, 4) is 10.8 Å². The Morgan fingerprint density at radius 3 is 2.77 bits per heavy atom. The van der Waals surface area contributed by atoms with E-state index in [1.54, 1.807) is 12.4 Å². The Hall–Kier alpha value is -2.62. The van der Waals surface area contributed by atoms with E-state index in [4.69, 9.17) is 0 Å². The van der Waals surface area contributed by atoms with E-state index in [1.165, 1.54) is 17.5 Å². The van der Waals surface area contributed by atoms with Gasteiger partial charge in [-0.05, 0) is 13.0 Å². The lowest BCUT2D eigenvalue weighted by molar-refractivity contribution is -0.141. The average molecular weight is 380 g/mol. The summed E-state index contributed by atoms with van der Waals surface area (Å²) >= 11 is 1.49. The van der Waals surface area contributed by atoms with Gasteiger partial charge in [0.25, 0.3) is 0 Å². The second-order valence-electron chi connectivity index (χ2n) is 5.77. The van der Waals surface area contributed by atoms with Gasteiger partial charge in [0.05, 0.1) is 24.1 Å². The second kappa shape index (κ2) is 6.27. The third-order valence-corrected chi connectivity index (χ3v) is 5.00. The summed E-state index contributed by atoms with van der Waals surface area (Å²) in [6.07, 6.45) is 1.83. The van der Waals surface area contributed by atoms with Crippen LogP contribution in [0.2, 0.25) is 0 Å². The van der Waals surface area contributed by atoms with Gasteiger partial charge < -0.3 is 14.8 Å². The maximum absolute atomic E-state index is 13.0. The Kier molecular flexibility index (Phi) is 4.06. The smallest absolute Gasteiger partial charge is 0.361 e. The van der Waals surface area contributed by atoms with Gasteiger partial charge in [-0.15, -0.1) is 11.3 Å². The second-order valence-corrected chi connectivity index (χ2v) is 6.67. The number of likely N-dealkylation sites (N-methyl/N-ethyl adjacent to an activating group) is 1. The Morgan fingerprint density at radius 1 is 1.23 bits per heavy atom. The molecule has 0 saturated carbocycles. The first-order valence-electron chi connectivity index (χ1n) is 7.98. The normalized spacial score (nSPS) is 16.6. The maximum Gasteiger partial charge on any atom is 0.433 e. The van der Waals surface area contributed by atoms with Crippen LogP contribution in [-0.2, 0) is 12.7 Å². The molecule has 0 fully saturated rings. The van der Waals surface area contributed by atoms with Crippen molar-refractivity contribution in [2.45, 2.75) is 25.8 Å². The summed E-state index contributed by atoms with van der Waals surface area (Å²) in [7, 11) is 0. The van der Waals surface area contributed by atoms with Gasteiger partial charge >= 0.3 is 6.18 Å². The van der Waals surface area contributed by atoms with Gasteiger partial charge in [0.15, 0.2) is 10.8 Å². The Labute approximate surface area is 151 Å². The monoisotopic (exact) mass is 380 g/mol. The predicted octanol–water partition coefficient (Wildman–Crippen LogP) is 3.70. The van der Waals surface area contributed by atoms with Crippen LogP contribution < -0.4 is 10.2 Å². The van der Waals surface area contributed by atoms with E-state index in [2.05, 4.69) is 20.3 Å². The molecule has 26 heavy (non-hydrogen) atoms. The number of thiazole rings is 1. The summed E-state index contributed by atoms with van der Waals surface area (Å²) in [6.45, 7) is 2.99. The Balaban J connectivity index is 1.62. The van der Waals surface area contributed by atoms with E-state index in [-0.39, 0.29) is 6.17 Å². The van der Waals surface area contributed by atoms with Gasteiger partial charge in [0, 0.05) is 30.5 Å². The molecule has 0 aromatic carbocycles. The van der Waals surface area contributed by atoms with Crippen molar-refractivity contribution in [1.82, 2.24) is 19.5 Å². The van der Waals surface area contributed by atoms with Gasteiger partial charge in [-0.25, -0.2) is 15.0 Å². The zero-order chi connectivity index (χ0) is 18.3. The molecule has 1 N–H and O–H groups in total. The highest BCUT2D eigenvalue weighted by atomic mass is 32.1. The standard InChI is InChI=1S/C16H15F3N6S/c1-2-25-11-7-12(16(17,18)19)22-8-10(11)23-13(25)9-24-5-3-20-14(24)15-21-4-6-26-15/h3-8,13,23H,2,9H2,1H3. The zero-order valence-electron chi connectivity index (χ0n) is 13.7. The van der Waals surface area contributed by atoms with Gasteiger partial charge in [-0.3, -0.25) is 0 Å². The zero-order valence-corrected chi connectivity index (χ0v) is 14.6. The first-order chi connectivity index (χ1) is 12.5. The fourth-order valence-electron chi connectivity index (χ4n) is 3.08. The molecule has 1 aliphatic rings. The number of pyridine rings is 1. The molecule has 4 rings (SSSR count). The maximum atomic E-state index is 13.0. The molecule has 3 aromatic rings. The molecule has 1 unspecified atom stereocenters. The number of fused-ring (bicyclic) bond motifs is 1. The van der Waals surface area contributed by atoms with E-state index in [9.17, 15) is 13.2 Å². The van der Waals surface area contributed by atoms with E-state index in [1.807, 2.05) is 28.0 Å². The number of nitrogens with zero attached hydrogens (tertiary/aromatic N) is 5. The van der Waals surface area contributed by atoms with Crippen LogP contribution >= 0.6 is 11.3 Å². The molecule has 0 spiro atoms. The number of hydrogen-bond donors (Lipinski definition) is 1. The lowest BCUT2D eigenvalue weighted by Crippen LogP contribution is -2.39. The van der Waals surface area contributed by atoms with E-state index in [0.717, 1.165) is 16.9 Å². The van der Waals surface area contributed by atoms with Gasteiger partial charge in [-0.2, -0.15) is 13.2 Å². The van der Waals surface area contributed by atoms with Crippen molar-refractivity contribution in [2.75, 3.05) is 16.8 Å². The summed E-state index contributed by atoms with van der Waals surface area (Å²) in [5.41, 5.74) is 0.222. The van der Waals surface area contributed by atoms with Crippen LogP contribution in [0.4, 0.5) is 24.5 Å². The van der Waals surface area contributed by atoms with Crippen molar-refractivity contribution in [3.63, 3.8) is 0 Å². The molecule has 1 aliphatic heterocycles. The Morgan fingerprint density at radius 2 is 2.08 bits per heavy atom. The van der Waals surface area contributed by atoms with E-state index < -0.39 is 11.9 Å². The molecule has 0 bridgehead atoms.